The molecule has 0 radical (unpaired) electrons. The first kappa shape index (κ1) is 14.4. The van der Waals surface area contributed by atoms with Crippen molar-refractivity contribution in [3.8, 4) is 0 Å². The summed E-state index contributed by atoms with van der Waals surface area (Å²) >= 11 is 0. The largest absolute Gasteiger partial charge is 0.444 e. The Labute approximate surface area is 116 Å². The Hall–Kier alpha value is -1.03. The molecule has 2 bridgehead atoms. The fourth-order valence-corrected chi connectivity index (χ4v) is 3.16. The van der Waals surface area contributed by atoms with Crippen LogP contribution in [0.3, 0.4) is 0 Å². The number of ether oxygens (including phenoxy) is 1. The van der Waals surface area contributed by atoms with Gasteiger partial charge in [0.05, 0.1) is 6.04 Å². The number of carbonyl (C=O) groups excluding carboxylic acids is 1. The second-order valence-electron chi connectivity index (χ2n) is 6.71. The number of nitrogens with one attached hydrogen (secondary N) is 1. The van der Waals surface area contributed by atoms with Crippen LogP contribution in [0.4, 0.5) is 4.79 Å². The maximum Gasteiger partial charge on any atom is 0.410 e. The lowest BCUT2D eigenvalue weighted by molar-refractivity contribution is 0.00204. The Morgan fingerprint density at radius 3 is 2.74 bits per heavy atom. The van der Waals surface area contributed by atoms with Crippen molar-refractivity contribution in [2.75, 3.05) is 6.54 Å². The minimum Gasteiger partial charge on any atom is -0.444 e. The summed E-state index contributed by atoms with van der Waals surface area (Å²) in [6, 6.07) is 0.818. The molecule has 4 heteroatoms. The second-order valence-corrected chi connectivity index (χ2v) is 6.71. The molecule has 2 aliphatic rings. The van der Waals surface area contributed by atoms with Crippen LogP contribution >= 0.6 is 0 Å². The molecule has 2 fully saturated rings. The number of carbonyl (C=O) groups is 1. The van der Waals surface area contributed by atoms with Gasteiger partial charge in [-0.15, -0.1) is 6.58 Å². The smallest absolute Gasteiger partial charge is 0.410 e. The highest BCUT2D eigenvalue weighted by molar-refractivity contribution is 5.70. The van der Waals surface area contributed by atoms with Crippen LogP contribution < -0.4 is 5.32 Å². The van der Waals surface area contributed by atoms with E-state index >= 15 is 0 Å². The number of hydrogen-bond donors (Lipinski definition) is 1. The van der Waals surface area contributed by atoms with Crippen LogP contribution in [-0.2, 0) is 4.74 Å². The molecule has 2 saturated heterocycles. The van der Waals surface area contributed by atoms with Crippen LogP contribution in [0, 0.1) is 5.92 Å². The molecule has 2 rings (SSSR count). The molecule has 4 nitrogen and oxygen atoms in total. The van der Waals surface area contributed by atoms with Crippen molar-refractivity contribution in [2.45, 2.75) is 64.3 Å². The van der Waals surface area contributed by atoms with Gasteiger partial charge in [0.25, 0.3) is 0 Å². The lowest BCUT2D eigenvalue weighted by Crippen LogP contribution is -2.61. The molecule has 4 atom stereocenters. The Morgan fingerprint density at radius 1 is 1.47 bits per heavy atom. The summed E-state index contributed by atoms with van der Waals surface area (Å²) in [5, 5.41) is 3.56. The zero-order valence-electron chi connectivity index (χ0n) is 12.5. The quantitative estimate of drug-likeness (QED) is 0.781. The summed E-state index contributed by atoms with van der Waals surface area (Å²) in [6.45, 7) is 12.6. The van der Waals surface area contributed by atoms with Crippen LogP contribution in [-0.4, -0.2) is 41.3 Å². The zero-order chi connectivity index (χ0) is 14.2. The van der Waals surface area contributed by atoms with Crippen LogP contribution in [0.5, 0.6) is 0 Å². The molecule has 108 valence electrons. The van der Waals surface area contributed by atoms with E-state index in [-0.39, 0.29) is 18.2 Å². The number of piperazine rings is 1. The third-order valence-electron chi connectivity index (χ3n) is 4.09. The van der Waals surface area contributed by atoms with Gasteiger partial charge in [0.15, 0.2) is 0 Å². The summed E-state index contributed by atoms with van der Waals surface area (Å²) in [4.78, 5) is 14.3. The third-order valence-corrected chi connectivity index (χ3v) is 4.09. The third kappa shape index (κ3) is 2.94. The first-order chi connectivity index (χ1) is 8.83. The molecule has 0 aromatic carbocycles. The van der Waals surface area contributed by atoms with Gasteiger partial charge in [-0.3, -0.25) is 4.90 Å². The SMILES string of the molecule is C=C[C@H](C)[C@@H]1NC[C@@H]2CC[C@H]1N2C(=O)OC(C)(C)C. The predicted octanol–water partition coefficient (Wildman–Crippen LogP) is 2.55. The second kappa shape index (κ2) is 5.16. The number of rotatable bonds is 2. The van der Waals surface area contributed by atoms with E-state index in [0.29, 0.717) is 12.0 Å². The summed E-state index contributed by atoms with van der Waals surface area (Å²) in [6.07, 6.45) is 3.92. The van der Waals surface area contributed by atoms with Gasteiger partial charge in [0.2, 0.25) is 0 Å². The van der Waals surface area contributed by atoms with Gasteiger partial charge in [-0.25, -0.2) is 4.79 Å². The molecule has 1 amide bonds. The average Bonchev–Trinajstić information content (AvgIpc) is 2.61. The summed E-state index contributed by atoms with van der Waals surface area (Å²) < 4.78 is 5.55. The van der Waals surface area contributed by atoms with Crippen molar-refractivity contribution >= 4 is 6.09 Å². The Morgan fingerprint density at radius 2 is 2.16 bits per heavy atom. The van der Waals surface area contributed by atoms with Crippen molar-refractivity contribution in [2.24, 2.45) is 5.92 Å². The molecule has 0 unspecified atom stereocenters. The van der Waals surface area contributed by atoms with Crippen LogP contribution in [0.1, 0.15) is 40.5 Å². The van der Waals surface area contributed by atoms with E-state index < -0.39 is 5.60 Å². The van der Waals surface area contributed by atoms with Gasteiger partial charge < -0.3 is 10.1 Å². The maximum atomic E-state index is 12.4. The molecule has 1 N–H and O–H groups in total. The van der Waals surface area contributed by atoms with E-state index in [2.05, 4.69) is 18.8 Å². The van der Waals surface area contributed by atoms with Gasteiger partial charge in [-0.2, -0.15) is 0 Å². The van der Waals surface area contributed by atoms with E-state index in [4.69, 9.17) is 4.74 Å². The van der Waals surface area contributed by atoms with Crippen molar-refractivity contribution in [1.82, 2.24) is 10.2 Å². The Balaban J connectivity index is 2.12. The molecule has 0 aromatic rings. The summed E-state index contributed by atoms with van der Waals surface area (Å²) in [7, 11) is 0. The fraction of sp³-hybridized carbons (Fsp3) is 0.800. The topological polar surface area (TPSA) is 41.6 Å². The Bertz CT molecular complexity index is 362. The van der Waals surface area contributed by atoms with Crippen molar-refractivity contribution in [3.05, 3.63) is 12.7 Å². The van der Waals surface area contributed by atoms with Gasteiger partial charge in [-0.05, 0) is 39.5 Å². The number of nitrogens with zero attached hydrogens (tertiary/aromatic N) is 1. The normalized spacial score (nSPS) is 32.0. The first-order valence-corrected chi connectivity index (χ1v) is 7.20. The van der Waals surface area contributed by atoms with Crippen LogP contribution in [0.2, 0.25) is 0 Å². The Kier molecular flexibility index (Phi) is 3.90. The van der Waals surface area contributed by atoms with E-state index in [1.165, 1.54) is 0 Å². The van der Waals surface area contributed by atoms with Gasteiger partial charge in [0.1, 0.15) is 5.60 Å². The molecular weight excluding hydrogens is 240 g/mol. The summed E-state index contributed by atoms with van der Waals surface area (Å²) in [5.74, 6) is 0.356. The highest BCUT2D eigenvalue weighted by atomic mass is 16.6. The number of hydrogen-bond acceptors (Lipinski definition) is 3. The van der Waals surface area contributed by atoms with Gasteiger partial charge in [0, 0.05) is 18.6 Å². The van der Waals surface area contributed by atoms with Crippen LogP contribution in [0.25, 0.3) is 0 Å². The van der Waals surface area contributed by atoms with E-state index in [0.717, 1.165) is 19.4 Å². The molecule has 19 heavy (non-hydrogen) atoms. The summed E-state index contributed by atoms with van der Waals surface area (Å²) in [5.41, 5.74) is -0.430. The predicted molar refractivity (Wildman–Crippen MR) is 76.0 cm³/mol. The van der Waals surface area contributed by atoms with Gasteiger partial charge in [-0.1, -0.05) is 13.0 Å². The highest BCUT2D eigenvalue weighted by Gasteiger charge is 2.47. The minimum absolute atomic E-state index is 0.164. The molecular formula is C15H26N2O2. The minimum atomic E-state index is -0.430. The van der Waals surface area contributed by atoms with Crippen molar-refractivity contribution in [1.29, 1.82) is 0 Å². The molecule has 0 spiro atoms. The molecule has 0 aromatic heterocycles. The molecule has 0 saturated carbocycles. The zero-order valence-corrected chi connectivity index (χ0v) is 12.5. The number of amides is 1. The molecule has 2 aliphatic heterocycles. The molecule has 0 aliphatic carbocycles. The molecule has 2 heterocycles. The lowest BCUT2D eigenvalue weighted by atomic mass is 9.93. The van der Waals surface area contributed by atoms with E-state index in [1.54, 1.807) is 0 Å². The van der Waals surface area contributed by atoms with E-state index in [1.807, 2.05) is 31.7 Å². The fourth-order valence-electron chi connectivity index (χ4n) is 3.16. The standard InChI is InChI=1S/C15H26N2O2/c1-6-10(2)13-12-8-7-11(9-16-13)17(12)14(18)19-15(3,4)5/h6,10-13,16H,1,7-9H2,2-5H3/t10-,11-,12+,13-/m0/s1. The van der Waals surface area contributed by atoms with Crippen LogP contribution in [0.15, 0.2) is 12.7 Å². The number of fused-ring (bicyclic) bond motifs is 2. The van der Waals surface area contributed by atoms with E-state index in [9.17, 15) is 4.79 Å². The first-order valence-electron chi connectivity index (χ1n) is 7.20. The monoisotopic (exact) mass is 266 g/mol. The average molecular weight is 266 g/mol. The van der Waals surface area contributed by atoms with Crippen molar-refractivity contribution < 1.29 is 9.53 Å². The van der Waals surface area contributed by atoms with Gasteiger partial charge >= 0.3 is 6.09 Å². The highest BCUT2D eigenvalue weighted by Crippen LogP contribution is 2.33. The maximum absolute atomic E-state index is 12.4. The lowest BCUT2D eigenvalue weighted by Gasteiger charge is -2.42. The van der Waals surface area contributed by atoms with Crippen molar-refractivity contribution in [3.63, 3.8) is 0 Å².